The Morgan fingerprint density at radius 2 is 1.93 bits per heavy atom. The maximum Gasteiger partial charge on any atom is 0.410 e. The average Bonchev–Trinajstić information content (AvgIpc) is 2.59. The first-order valence-corrected chi connectivity index (χ1v) is 9.82. The molecule has 28 heavy (non-hydrogen) atoms. The topological polar surface area (TPSA) is 84.8 Å². The summed E-state index contributed by atoms with van der Waals surface area (Å²) in [5.41, 5.74) is 1.15. The lowest BCUT2D eigenvalue weighted by atomic mass is 9.61. The minimum absolute atomic E-state index is 0.122. The van der Waals surface area contributed by atoms with E-state index in [4.69, 9.17) is 9.47 Å². The predicted molar refractivity (Wildman–Crippen MR) is 104 cm³/mol. The van der Waals surface area contributed by atoms with Gasteiger partial charge in [0.1, 0.15) is 17.5 Å². The Kier molecular flexibility index (Phi) is 4.56. The summed E-state index contributed by atoms with van der Waals surface area (Å²) < 4.78 is 11.5. The molecule has 2 aromatic rings. The van der Waals surface area contributed by atoms with Crippen LogP contribution < -0.4 is 4.74 Å². The summed E-state index contributed by atoms with van der Waals surface area (Å²) in [5, 5.41) is 9.60. The largest absolute Gasteiger partial charge is 0.508 e. The molecule has 1 N–H and O–H groups in total. The number of nitrogens with zero attached hydrogens (tertiary/aromatic N) is 3. The van der Waals surface area contributed by atoms with Crippen molar-refractivity contribution in [3.05, 3.63) is 24.4 Å². The molecule has 0 atom stereocenters. The highest BCUT2D eigenvalue weighted by Gasteiger charge is 2.48. The van der Waals surface area contributed by atoms with Crippen LogP contribution in [0.15, 0.2) is 24.4 Å². The first kappa shape index (κ1) is 18.8. The van der Waals surface area contributed by atoms with E-state index < -0.39 is 5.60 Å². The molecule has 1 aliphatic carbocycles. The van der Waals surface area contributed by atoms with Crippen LogP contribution in [0.25, 0.3) is 11.0 Å². The Balaban J connectivity index is 1.30. The van der Waals surface area contributed by atoms with Crippen LogP contribution in [0.3, 0.4) is 0 Å². The number of carbonyl (C=O) groups excluding carboxylic acids is 1. The van der Waals surface area contributed by atoms with E-state index in [0.717, 1.165) is 44.3 Å². The van der Waals surface area contributed by atoms with Gasteiger partial charge in [0.05, 0.1) is 17.2 Å². The lowest BCUT2D eigenvalue weighted by Gasteiger charge is -2.51. The van der Waals surface area contributed by atoms with Gasteiger partial charge in [-0.3, -0.25) is 0 Å². The monoisotopic (exact) mass is 385 g/mol. The molecular weight excluding hydrogens is 358 g/mol. The van der Waals surface area contributed by atoms with Gasteiger partial charge in [-0.05, 0) is 64.0 Å². The van der Waals surface area contributed by atoms with Gasteiger partial charge in [0.15, 0.2) is 0 Å². The van der Waals surface area contributed by atoms with Crippen molar-refractivity contribution < 1.29 is 19.4 Å². The van der Waals surface area contributed by atoms with E-state index in [1.807, 2.05) is 25.7 Å². The summed E-state index contributed by atoms with van der Waals surface area (Å²) in [7, 11) is 0. The molecule has 1 saturated heterocycles. The molecule has 2 heterocycles. The van der Waals surface area contributed by atoms with E-state index >= 15 is 0 Å². The number of aromatic nitrogens is 2. The van der Waals surface area contributed by atoms with E-state index in [1.165, 1.54) is 0 Å². The van der Waals surface area contributed by atoms with Gasteiger partial charge >= 0.3 is 6.09 Å². The predicted octanol–water partition coefficient (Wildman–Crippen LogP) is 3.89. The summed E-state index contributed by atoms with van der Waals surface area (Å²) in [6.45, 7) is 7.14. The maximum atomic E-state index is 12.2. The van der Waals surface area contributed by atoms with Crippen molar-refractivity contribution in [2.24, 2.45) is 5.41 Å². The Hall–Kier alpha value is -2.57. The minimum atomic E-state index is -0.459. The molecule has 0 radical (unpaired) electrons. The van der Waals surface area contributed by atoms with Gasteiger partial charge in [0, 0.05) is 19.2 Å². The highest BCUT2D eigenvalue weighted by atomic mass is 16.6. The summed E-state index contributed by atoms with van der Waals surface area (Å²) in [6, 6.07) is 4.92. The fraction of sp³-hybridized carbons (Fsp3) is 0.571. The molecule has 0 unspecified atom stereocenters. The van der Waals surface area contributed by atoms with Crippen LogP contribution in [0.2, 0.25) is 0 Å². The zero-order valence-corrected chi connectivity index (χ0v) is 16.6. The minimum Gasteiger partial charge on any atom is -0.508 e. The second-order valence-corrected chi connectivity index (χ2v) is 9.00. The molecule has 4 rings (SSSR count). The van der Waals surface area contributed by atoms with Crippen molar-refractivity contribution in [2.75, 3.05) is 13.1 Å². The van der Waals surface area contributed by atoms with Gasteiger partial charge in [0.25, 0.3) is 0 Å². The summed E-state index contributed by atoms with van der Waals surface area (Å²) in [6.07, 6.45) is 5.42. The fourth-order valence-corrected chi connectivity index (χ4v) is 4.10. The van der Waals surface area contributed by atoms with Gasteiger partial charge in [0.2, 0.25) is 5.88 Å². The van der Waals surface area contributed by atoms with Crippen molar-refractivity contribution >= 4 is 17.1 Å². The van der Waals surface area contributed by atoms with Gasteiger partial charge in [-0.15, -0.1) is 0 Å². The number of phenols is 1. The van der Waals surface area contributed by atoms with Crippen LogP contribution >= 0.6 is 0 Å². The van der Waals surface area contributed by atoms with Crippen LogP contribution in [-0.2, 0) is 4.74 Å². The second-order valence-electron chi connectivity index (χ2n) is 9.00. The molecule has 1 spiro atoms. The Morgan fingerprint density at radius 1 is 1.21 bits per heavy atom. The number of piperidine rings is 1. The Morgan fingerprint density at radius 3 is 2.61 bits per heavy atom. The smallest absolute Gasteiger partial charge is 0.410 e. The molecule has 1 aromatic heterocycles. The van der Waals surface area contributed by atoms with E-state index in [0.29, 0.717) is 11.4 Å². The number of likely N-dealkylation sites (tertiary alicyclic amines) is 1. The standard InChI is InChI=1S/C21H27N3O4/c1-20(2,3)28-19(26)24-8-6-21(7-9-24)11-15(12-21)27-18-13-22-16-5-4-14(25)10-17(16)23-18/h4-5,10,13,15,25H,6-9,11-12H2,1-3H3. The molecule has 1 aliphatic heterocycles. The number of phenolic OH excluding ortho intramolecular Hbond substituents is 1. The SMILES string of the molecule is CC(C)(C)OC(=O)N1CCC2(CC1)CC(Oc1cnc3ccc(O)cc3n1)C2. The average molecular weight is 385 g/mol. The van der Waals surface area contributed by atoms with Crippen LogP contribution in [0.1, 0.15) is 46.5 Å². The normalized spacial score (nSPS) is 19.5. The van der Waals surface area contributed by atoms with Crippen molar-refractivity contribution in [3.8, 4) is 11.6 Å². The number of fused-ring (bicyclic) bond motifs is 1. The van der Waals surface area contributed by atoms with Gasteiger partial charge < -0.3 is 19.5 Å². The van der Waals surface area contributed by atoms with E-state index in [-0.39, 0.29) is 23.4 Å². The first-order chi connectivity index (χ1) is 13.2. The third kappa shape index (κ3) is 3.98. The third-order valence-corrected chi connectivity index (χ3v) is 5.59. The number of benzene rings is 1. The number of aromatic hydroxyl groups is 1. The van der Waals surface area contributed by atoms with Gasteiger partial charge in [-0.25, -0.2) is 14.8 Å². The number of hydrogen-bond acceptors (Lipinski definition) is 6. The first-order valence-electron chi connectivity index (χ1n) is 9.82. The molecule has 2 aliphatic rings. The summed E-state index contributed by atoms with van der Waals surface area (Å²) in [4.78, 5) is 22.8. The fourth-order valence-electron chi connectivity index (χ4n) is 4.10. The quantitative estimate of drug-likeness (QED) is 0.844. The zero-order chi connectivity index (χ0) is 19.9. The van der Waals surface area contributed by atoms with Gasteiger partial charge in [-0.1, -0.05) is 0 Å². The van der Waals surface area contributed by atoms with Crippen LogP contribution in [-0.4, -0.2) is 50.9 Å². The molecule has 2 fully saturated rings. The number of ether oxygens (including phenoxy) is 2. The van der Waals surface area contributed by atoms with Crippen molar-refractivity contribution in [3.63, 3.8) is 0 Å². The van der Waals surface area contributed by atoms with E-state index in [2.05, 4.69) is 9.97 Å². The third-order valence-electron chi connectivity index (χ3n) is 5.59. The lowest BCUT2D eigenvalue weighted by Crippen LogP contribution is -2.52. The number of carbonyl (C=O) groups is 1. The highest BCUT2D eigenvalue weighted by molar-refractivity contribution is 5.76. The number of hydrogen-bond donors (Lipinski definition) is 1. The van der Waals surface area contributed by atoms with Crippen LogP contribution in [0, 0.1) is 5.41 Å². The van der Waals surface area contributed by atoms with E-state index in [1.54, 1.807) is 24.4 Å². The second kappa shape index (κ2) is 6.79. The van der Waals surface area contributed by atoms with Gasteiger partial charge in [-0.2, -0.15) is 0 Å². The molecule has 1 amide bonds. The molecular formula is C21H27N3O4. The maximum absolute atomic E-state index is 12.2. The van der Waals surface area contributed by atoms with Crippen molar-refractivity contribution in [2.45, 2.75) is 58.2 Å². The molecule has 1 aromatic carbocycles. The number of amides is 1. The van der Waals surface area contributed by atoms with Crippen LogP contribution in [0.4, 0.5) is 4.79 Å². The highest BCUT2D eigenvalue weighted by Crippen LogP contribution is 2.50. The molecule has 7 heteroatoms. The van der Waals surface area contributed by atoms with E-state index in [9.17, 15) is 9.90 Å². The number of rotatable bonds is 2. The summed E-state index contributed by atoms with van der Waals surface area (Å²) >= 11 is 0. The molecule has 150 valence electrons. The lowest BCUT2D eigenvalue weighted by molar-refractivity contribution is -0.0596. The zero-order valence-electron chi connectivity index (χ0n) is 16.6. The summed E-state index contributed by atoms with van der Waals surface area (Å²) in [5.74, 6) is 0.655. The molecule has 0 bridgehead atoms. The van der Waals surface area contributed by atoms with Crippen molar-refractivity contribution in [1.82, 2.24) is 14.9 Å². The Labute approximate surface area is 164 Å². The molecule has 1 saturated carbocycles. The van der Waals surface area contributed by atoms with Crippen molar-refractivity contribution in [1.29, 1.82) is 0 Å². The molecule has 7 nitrogen and oxygen atoms in total. The Bertz CT molecular complexity index is 877. The van der Waals surface area contributed by atoms with Crippen LogP contribution in [0.5, 0.6) is 11.6 Å².